The van der Waals surface area contributed by atoms with Crippen molar-refractivity contribution in [1.82, 2.24) is 19.8 Å². The third kappa shape index (κ3) is 8.16. The number of hydrogen-bond donors (Lipinski definition) is 4. The number of piperidine rings is 1. The molecule has 0 radical (unpaired) electrons. The van der Waals surface area contributed by atoms with Crippen molar-refractivity contribution >= 4 is 34.1 Å². The number of carboxylic acid groups (broad SMARTS) is 1. The van der Waals surface area contributed by atoms with Gasteiger partial charge in [0.25, 0.3) is 0 Å². The van der Waals surface area contributed by atoms with Crippen LogP contribution in [-0.2, 0) is 24.4 Å². The van der Waals surface area contributed by atoms with E-state index in [-0.39, 0.29) is 35.5 Å². The average molecular weight is 534 g/mol. The SMILES string of the molecule is N#Cc1ccc(S(=O)(=O)N[C@@H](CC(=O)N[C@H]2CCCN(C=NN)C2)C(=O)N(CCC(=O)O)C2CC2)cc1. The zero-order valence-corrected chi connectivity index (χ0v) is 21.1. The molecule has 200 valence electrons. The number of amides is 2. The molecule has 2 amide bonds. The summed E-state index contributed by atoms with van der Waals surface area (Å²) in [6, 6.07) is 5.17. The fraction of sp³-hybridized carbons (Fsp3) is 0.522. The molecule has 0 unspecified atom stereocenters. The zero-order valence-electron chi connectivity index (χ0n) is 20.2. The molecule has 5 N–H and O–H groups in total. The lowest BCUT2D eigenvalue weighted by molar-refractivity contribution is -0.140. The molecule has 0 aromatic heterocycles. The molecule has 0 spiro atoms. The molecule has 1 aromatic rings. The van der Waals surface area contributed by atoms with Crippen LogP contribution in [0.15, 0.2) is 34.3 Å². The number of likely N-dealkylation sites (tertiary alicyclic amines) is 1. The molecule has 2 atom stereocenters. The number of carbonyl (C=O) groups excluding carboxylic acids is 2. The standard InChI is InChI=1S/C23H31N7O6S/c24-13-16-3-7-19(8-4-16)37(35,36)28-20(23(34)30(18-5-6-18)11-9-22(32)33)12-21(31)27-17-2-1-10-29(14-17)15-26-25/h3-4,7-8,15,17-18,20,28H,1-2,5-6,9-12,14,25H2,(H,27,31)(H,32,33)/t17-,20-/m0/s1. The Hall–Kier alpha value is -3.70. The first kappa shape index (κ1) is 27.9. The number of rotatable bonds is 12. The lowest BCUT2D eigenvalue weighted by Gasteiger charge is -2.32. The second kappa shape index (κ2) is 12.5. The molecule has 1 saturated heterocycles. The van der Waals surface area contributed by atoms with Crippen LogP contribution in [-0.4, -0.2) is 85.2 Å². The Bertz CT molecular complexity index is 1160. The first-order valence-corrected chi connectivity index (χ1v) is 13.4. The van der Waals surface area contributed by atoms with Gasteiger partial charge in [-0.25, -0.2) is 8.42 Å². The fourth-order valence-corrected chi connectivity index (χ4v) is 5.40. The van der Waals surface area contributed by atoms with E-state index in [0.717, 1.165) is 13.0 Å². The van der Waals surface area contributed by atoms with E-state index in [2.05, 4.69) is 15.1 Å². The van der Waals surface area contributed by atoms with Crippen molar-refractivity contribution in [2.45, 2.75) is 61.5 Å². The van der Waals surface area contributed by atoms with Gasteiger partial charge in [-0.1, -0.05) is 0 Å². The van der Waals surface area contributed by atoms with Crippen molar-refractivity contribution in [3.8, 4) is 6.07 Å². The summed E-state index contributed by atoms with van der Waals surface area (Å²) in [5, 5.41) is 24.4. The van der Waals surface area contributed by atoms with Gasteiger partial charge in [-0.05, 0) is 49.9 Å². The number of benzene rings is 1. The zero-order chi connectivity index (χ0) is 27.0. The highest BCUT2D eigenvalue weighted by Gasteiger charge is 2.38. The predicted octanol–water partition coefficient (Wildman–Crippen LogP) is -0.456. The average Bonchev–Trinajstić information content (AvgIpc) is 3.69. The maximum atomic E-state index is 13.5. The van der Waals surface area contributed by atoms with Gasteiger partial charge in [0.15, 0.2) is 0 Å². The molecule has 1 saturated carbocycles. The molecule has 13 nitrogen and oxygen atoms in total. The van der Waals surface area contributed by atoms with Crippen molar-refractivity contribution in [2.24, 2.45) is 10.9 Å². The lowest BCUT2D eigenvalue weighted by atomic mass is 10.1. The van der Waals surface area contributed by atoms with Crippen LogP contribution in [0.3, 0.4) is 0 Å². The highest BCUT2D eigenvalue weighted by atomic mass is 32.2. The topological polar surface area (TPSA) is 198 Å². The quantitative estimate of drug-likeness (QED) is 0.119. The second-order valence-electron chi connectivity index (χ2n) is 9.09. The minimum Gasteiger partial charge on any atom is -0.481 e. The summed E-state index contributed by atoms with van der Waals surface area (Å²) in [4.78, 5) is 40.5. The summed E-state index contributed by atoms with van der Waals surface area (Å²) >= 11 is 0. The fourth-order valence-electron chi connectivity index (χ4n) is 4.21. The Morgan fingerprint density at radius 1 is 1.27 bits per heavy atom. The molecule has 1 aliphatic heterocycles. The van der Waals surface area contributed by atoms with Crippen molar-refractivity contribution in [3.05, 3.63) is 29.8 Å². The smallest absolute Gasteiger partial charge is 0.305 e. The number of nitriles is 1. The molecule has 3 rings (SSSR count). The highest BCUT2D eigenvalue weighted by Crippen LogP contribution is 2.28. The monoisotopic (exact) mass is 533 g/mol. The Morgan fingerprint density at radius 3 is 2.57 bits per heavy atom. The van der Waals surface area contributed by atoms with Crippen LogP contribution >= 0.6 is 0 Å². The van der Waals surface area contributed by atoms with Crippen LogP contribution in [0.1, 0.15) is 44.1 Å². The predicted molar refractivity (Wildman–Crippen MR) is 132 cm³/mol. The normalized spacial score (nSPS) is 18.7. The van der Waals surface area contributed by atoms with Gasteiger partial charge >= 0.3 is 5.97 Å². The second-order valence-corrected chi connectivity index (χ2v) is 10.8. The number of hydrogen-bond acceptors (Lipinski definition) is 8. The van der Waals surface area contributed by atoms with Gasteiger partial charge in [-0.2, -0.15) is 15.1 Å². The van der Waals surface area contributed by atoms with Gasteiger partial charge in [0, 0.05) is 31.7 Å². The van der Waals surface area contributed by atoms with E-state index in [9.17, 15) is 22.8 Å². The van der Waals surface area contributed by atoms with E-state index in [1.165, 1.54) is 35.5 Å². The van der Waals surface area contributed by atoms with E-state index < -0.39 is 40.3 Å². The molecular weight excluding hydrogens is 502 g/mol. The Morgan fingerprint density at radius 2 is 1.97 bits per heavy atom. The number of sulfonamides is 1. The Balaban J connectivity index is 1.78. The van der Waals surface area contributed by atoms with Gasteiger partial charge in [0.05, 0.1) is 29.4 Å². The van der Waals surface area contributed by atoms with E-state index in [1.807, 2.05) is 11.0 Å². The largest absolute Gasteiger partial charge is 0.481 e. The third-order valence-corrected chi connectivity index (χ3v) is 7.65. The molecule has 0 bridgehead atoms. The molecule has 2 aliphatic rings. The van der Waals surface area contributed by atoms with Crippen LogP contribution in [0.2, 0.25) is 0 Å². The minimum absolute atomic E-state index is 0.0917. The van der Waals surface area contributed by atoms with Crippen molar-refractivity contribution in [3.63, 3.8) is 0 Å². The van der Waals surface area contributed by atoms with Gasteiger partial charge < -0.3 is 26.1 Å². The van der Waals surface area contributed by atoms with Crippen LogP contribution in [0.5, 0.6) is 0 Å². The number of nitrogens with one attached hydrogen (secondary N) is 2. The van der Waals surface area contributed by atoms with Crippen molar-refractivity contribution in [2.75, 3.05) is 19.6 Å². The first-order chi connectivity index (χ1) is 17.6. The first-order valence-electron chi connectivity index (χ1n) is 11.9. The molecule has 1 heterocycles. The molecule has 1 aromatic carbocycles. The number of nitrogens with two attached hydrogens (primary N) is 1. The van der Waals surface area contributed by atoms with Gasteiger partial charge in [-0.3, -0.25) is 14.4 Å². The number of carbonyl (C=O) groups is 3. The van der Waals surface area contributed by atoms with E-state index >= 15 is 0 Å². The van der Waals surface area contributed by atoms with Gasteiger partial charge in [0.1, 0.15) is 12.4 Å². The van der Waals surface area contributed by atoms with E-state index in [0.29, 0.717) is 25.8 Å². The van der Waals surface area contributed by atoms with Gasteiger partial charge in [-0.15, -0.1) is 0 Å². The molecule has 2 fully saturated rings. The summed E-state index contributed by atoms with van der Waals surface area (Å²) in [6.07, 6.45) is 3.54. The number of carboxylic acids is 1. The summed E-state index contributed by atoms with van der Waals surface area (Å²) in [6.45, 7) is 1.11. The summed E-state index contributed by atoms with van der Waals surface area (Å²) < 4.78 is 28.5. The molecule has 14 heteroatoms. The summed E-state index contributed by atoms with van der Waals surface area (Å²) in [5.41, 5.74) is 0.265. The highest BCUT2D eigenvalue weighted by molar-refractivity contribution is 7.89. The maximum absolute atomic E-state index is 13.5. The number of aliphatic carboxylic acids is 1. The van der Waals surface area contributed by atoms with Crippen LogP contribution in [0, 0.1) is 11.3 Å². The van der Waals surface area contributed by atoms with Crippen molar-refractivity contribution in [1.29, 1.82) is 5.26 Å². The molecular formula is C23H31N7O6S. The van der Waals surface area contributed by atoms with E-state index in [1.54, 1.807) is 0 Å². The maximum Gasteiger partial charge on any atom is 0.305 e. The molecule has 37 heavy (non-hydrogen) atoms. The van der Waals surface area contributed by atoms with Crippen LogP contribution in [0.25, 0.3) is 0 Å². The summed E-state index contributed by atoms with van der Waals surface area (Å²) in [7, 11) is -4.24. The lowest BCUT2D eigenvalue weighted by Crippen LogP contribution is -2.53. The van der Waals surface area contributed by atoms with E-state index in [4.69, 9.17) is 16.2 Å². The minimum atomic E-state index is -4.24. The van der Waals surface area contributed by atoms with Crippen LogP contribution < -0.4 is 15.9 Å². The number of nitrogens with zero attached hydrogens (tertiary/aromatic N) is 4. The Labute approximate surface area is 215 Å². The van der Waals surface area contributed by atoms with Crippen molar-refractivity contribution < 1.29 is 27.9 Å². The summed E-state index contributed by atoms with van der Waals surface area (Å²) in [5.74, 6) is 2.94. The van der Waals surface area contributed by atoms with Crippen LogP contribution in [0.4, 0.5) is 0 Å². The number of hydrazone groups is 1. The van der Waals surface area contributed by atoms with Gasteiger partial charge in [0.2, 0.25) is 21.8 Å². The molecule has 1 aliphatic carbocycles. The third-order valence-electron chi connectivity index (χ3n) is 6.16. The Kier molecular flexibility index (Phi) is 9.42.